The zero-order valence-electron chi connectivity index (χ0n) is 17.9. The minimum atomic E-state index is -0.251. The molecule has 0 bridgehead atoms. The molecule has 1 atom stereocenters. The standard InChI is InChI=1S/C26H23ClN4O2/c27-20-13-11-18(12-14-20)17-28-25(32)23-21-9-4-5-15-30(21)24(29-23)22-10-6-16-31(22)26(33)19-7-2-1-3-8-19/h1-5,7-9,11-15,22H,6,10,16-17H2,(H,28,32)/t22-/m0/s1. The predicted molar refractivity (Wildman–Crippen MR) is 127 cm³/mol. The van der Waals surface area contributed by atoms with E-state index >= 15 is 0 Å². The van der Waals surface area contributed by atoms with Gasteiger partial charge in [-0.05, 0) is 54.8 Å². The highest BCUT2D eigenvalue weighted by Gasteiger charge is 2.34. The maximum absolute atomic E-state index is 13.2. The molecular weight excluding hydrogens is 436 g/mol. The summed E-state index contributed by atoms with van der Waals surface area (Å²) in [7, 11) is 0. The first-order valence-electron chi connectivity index (χ1n) is 11.0. The van der Waals surface area contributed by atoms with E-state index in [9.17, 15) is 9.59 Å². The zero-order chi connectivity index (χ0) is 22.8. The number of amides is 2. The Morgan fingerprint density at radius 3 is 2.55 bits per heavy atom. The van der Waals surface area contributed by atoms with E-state index in [1.807, 2.05) is 76.2 Å². The number of carbonyl (C=O) groups excluding carboxylic acids is 2. The molecule has 0 aliphatic carbocycles. The van der Waals surface area contributed by atoms with E-state index in [0.29, 0.717) is 35.2 Å². The first kappa shape index (κ1) is 21.2. The van der Waals surface area contributed by atoms with Crippen LogP contribution in [0.15, 0.2) is 79.0 Å². The molecular formula is C26H23ClN4O2. The van der Waals surface area contributed by atoms with Crippen LogP contribution >= 0.6 is 11.6 Å². The van der Waals surface area contributed by atoms with Gasteiger partial charge in [-0.25, -0.2) is 4.98 Å². The van der Waals surface area contributed by atoms with Gasteiger partial charge in [0.15, 0.2) is 5.69 Å². The number of hydrogen-bond acceptors (Lipinski definition) is 3. The summed E-state index contributed by atoms with van der Waals surface area (Å²) in [6, 6.07) is 22.1. The summed E-state index contributed by atoms with van der Waals surface area (Å²) in [5.74, 6) is 0.447. The SMILES string of the molecule is O=C(NCc1ccc(Cl)cc1)c1nc([C@@H]2CCCN2C(=O)c2ccccc2)n2ccccc12. The number of fused-ring (bicyclic) bond motifs is 1. The lowest BCUT2D eigenvalue weighted by molar-refractivity contribution is 0.0729. The van der Waals surface area contributed by atoms with Crippen molar-refractivity contribution in [1.82, 2.24) is 19.6 Å². The van der Waals surface area contributed by atoms with Crippen LogP contribution in [0, 0.1) is 0 Å². The van der Waals surface area contributed by atoms with Crippen LogP contribution in [0.25, 0.3) is 5.52 Å². The van der Waals surface area contributed by atoms with Crippen molar-refractivity contribution in [3.05, 3.63) is 107 Å². The highest BCUT2D eigenvalue weighted by molar-refractivity contribution is 6.30. The second-order valence-corrected chi connectivity index (χ2v) is 8.54. The largest absolute Gasteiger partial charge is 0.347 e. The molecule has 1 fully saturated rings. The summed E-state index contributed by atoms with van der Waals surface area (Å²) < 4.78 is 1.93. The van der Waals surface area contributed by atoms with Crippen molar-refractivity contribution in [2.24, 2.45) is 0 Å². The quantitative estimate of drug-likeness (QED) is 0.462. The van der Waals surface area contributed by atoms with Gasteiger partial charge in [0.1, 0.15) is 5.82 Å². The highest BCUT2D eigenvalue weighted by atomic mass is 35.5. The van der Waals surface area contributed by atoms with Gasteiger partial charge in [0.2, 0.25) is 0 Å². The molecule has 0 spiro atoms. The average Bonchev–Trinajstić information content (AvgIpc) is 3.48. The van der Waals surface area contributed by atoms with Gasteiger partial charge in [-0.2, -0.15) is 0 Å². The zero-order valence-corrected chi connectivity index (χ0v) is 18.7. The number of imidazole rings is 1. The molecule has 2 amide bonds. The van der Waals surface area contributed by atoms with Crippen molar-refractivity contribution in [2.45, 2.75) is 25.4 Å². The van der Waals surface area contributed by atoms with Crippen LogP contribution in [-0.4, -0.2) is 32.6 Å². The van der Waals surface area contributed by atoms with Gasteiger partial charge in [-0.15, -0.1) is 0 Å². The Hall–Kier alpha value is -3.64. The Morgan fingerprint density at radius 2 is 1.76 bits per heavy atom. The van der Waals surface area contributed by atoms with Crippen LogP contribution in [0.3, 0.4) is 0 Å². The fourth-order valence-corrected chi connectivity index (χ4v) is 4.48. The highest BCUT2D eigenvalue weighted by Crippen LogP contribution is 2.33. The minimum Gasteiger partial charge on any atom is -0.347 e. The van der Waals surface area contributed by atoms with Crippen molar-refractivity contribution in [2.75, 3.05) is 6.54 Å². The maximum atomic E-state index is 13.2. The number of rotatable bonds is 5. The molecule has 3 heterocycles. The van der Waals surface area contributed by atoms with Gasteiger partial charge < -0.3 is 14.6 Å². The van der Waals surface area contributed by atoms with Crippen molar-refractivity contribution >= 4 is 28.9 Å². The number of likely N-dealkylation sites (tertiary alicyclic amines) is 1. The van der Waals surface area contributed by atoms with Crippen LogP contribution in [0.2, 0.25) is 5.02 Å². The topological polar surface area (TPSA) is 66.7 Å². The molecule has 2 aromatic carbocycles. The van der Waals surface area contributed by atoms with E-state index in [0.717, 1.165) is 23.9 Å². The van der Waals surface area contributed by atoms with Crippen LogP contribution in [-0.2, 0) is 6.54 Å². The van der Waals surface area contributed by atoms with E-state index in [1.165, 1.54) is 0 Å². The lowest BCUT2D eigenvalue weighted by Crippen LogP contribution is -2.31. The van der Waals surface area contributed by atoms with Gasteiger partial charge in [0.25, 0.3) is 11.8 Å². The monoisotopic (exact) mass is 458 g/mol. The fourth-order valence-electron chi connectivity index (χ4n) is 4.36. The predicted octanol–water partition coefficient (Wildman–Crippen LogP) is 4.90. The van der Waals surface area contributed by atoms with Crippen LogP contribution in [0.5, 0.6) is 0 Å². The number of halogens is 1. The molecule has 1 N–H and O–H groups in total. The number of nitrogens with zero attached hydrogens (tertiary/aromatic N) is 3. The Balaban J connectivity index is 1.44. The third kappa shape index (κ3) is 4.22. The molecule has 5 rings (SSSR count). The molecule has 0 saturated carbocycles. The molecule has 4 aromatic rings. The molecule has 1 saturated heterocycles. The first-order valence-corrected chi connectivity index (χ1v) is 11.4. The van der Waals surface area contributed by atoms with Crippen LogP contribution < -0.4 is 5.32 Å². The number of benzene rings is 2. The number of hydrogen-bond donors (Lipinski definition) is 1. The van der Waals surface area contributed by atoms with Gasteiger partial charge in [0.05, 0.1) is 11.6 Å². The molecule has 166 valence electrons. The fraction of sp³-hybridized carbons (Fsp3) is 0.192. The van der Waals surface area contributed by atoms with Gasteiger partial charge >= 0.3 is 0 Å². The van der Waals surface area contributed by atoms with E-state index < -0.39 is 0 Å². The number of carbonyl (C=O) groups is 2. The van der Waals surface area contributed by atoms with E-state index in [4.69, 9.17) is 16.6 Å². The Morgan fingerprint density at radius 1 is 1.00 bits per heavy atom. The first-order chi connectivity index (χ1) is 16.1. The summed E-state index contributed by atoms with van der Waals surface area (Å²) >= 11 is 5.95. The molecule has 0 unspecified atom stereocenters. The molecule has 33 heavy (non-hydrogen) atoms. The second kappa shape index (κ2) is 9.08. The average molecular weight is 459 g/mol. The third-order valence-electron chi connectivity index (χ3n) is 5.99. The normalized spacial score (nSPS) is 15.7. The number of pyridine rings is 1. The Bertz CT molecular complexity index is 1300. The summed E-state index contributed by atoms with van der Waals surface area (Å²) in [6.45, 7) is 1.04. The molecule has 1 aliphatic heterocycles. The molecule has 2 aromatic heterocycles. The second-order valence-electron chi connectivity index (χ2n) is 8.11. The Labute approximate surface area is 196 Å². The van der Waals surface area contributed by atoms with Crippen molar-refractivity contribution in [1.29, 1.82) is 0 Å². The van der Waals surface area contributed by atoms with Gasteiger partial charge in [-0.3, -0.25) is 9.59 Å². The maximum Gasteiger partial charge on any atom is 0.272 e. The van der Waals surface area contributed by atoms with Crippen molar-refractivity contribution in [3.8, 4) is 0 Å². The molecule has 0 radical (unpaired) electrons. The van der Waals surface area contributed by atoms with Gasteiger partial charge in [0, 0.05) is 29.9 Å². The minimum absolute atomic E-state index is 0.0143. The smallest absolute Gasteiger partial charge is 0.272 e. The van der Waals surface area contributed by atoms with Crippen molar-refractivity contribution < 1.29 is 9.59 Å². The number of aromatic nitrogens is 2. The van der Waals surface area contributed by atoms with Gasteiger partial charge in [-0.1, -0.05) is 48.0 Å². The number of nitrogens with one attached hydrogen (secondary N) is 1. The lowest BCUT2D eigenvalue weighted by Gasteiger charge is -2.24. The molecule has 1 aliphatic rings. The lowest BCUT2D eigenvalue weighted by atomic mass is 10.1. The summed E-state index contributed by atoms with van der Waals surface area (Å²) in [5.41, 5.74) is 2.69. The Kier molecular flexibility index (Phi) is 5.84. The van der Waals surface area contributed by atoms with E-state index in [-0.39, 0.29) is 17.9 Å². The van der Waals surface area contributed by atoms with E-state index in [1.54, 1.807) is 12.1 Å². The summed E-state index contributed by atoms with van der Waals surface area (Å²) in [6.07, 6.45) is 3.60. The summed E-state index contributed by atoms with van der Waals surface area (Å²) in [4.78, 5) is 32.9. The van der Waals surface area contributed by atoms with Crippen molar-refractivity contribution in [3.63, 3.8) is 0 Å². The molecule has 7 heteroatoms. The van der Waals surface area contributed by atoms with E-state index in [2.05, 4.69) is 5.32 Å². The summed E-state index contributed by atoms with van der Waals surface area (Å²) in [5, 5.41) is 3.61. The molecule has 6 nitrogen and oxygen atoms in total. The van der Waals surface area contributed by atoms with Crippen LogP contribution in [0.4, 0.5) is 0 Å². The third-order valence-corrected chi connectivity index (χ3v) is 6.24. The van der Waals surface area contributed by atoms with Crippen LogP contribution in [0.1, 0.15) is 51.1 Å².